The molecule has 4 rings (SSSR count). The summed E-state index contributed by atoms with van der Waals surface area (Å²) >= 11 is 7.20. The fourth-order valence-electron chi connectivity index (χ4n) is 3.59. The summed E-state index contributed by atoms with van der Waals surface area (Å²) in [5, 5.41) is 0.938. The molecule has 2 saturated heterocycles. The number of carbonyl (C=O) groups is 1. The Hall–Kier alpha value is -2.23. The van der Waals surface area contributed by atoms with Crippen LogP contribution in [0.2, 0.25) is 5.02 Å². The number of benzene rings is 2. The minimum Gasteiger partial charge on any atom is -0.484 e. The fourth-order valence-corrected chi connectivity index (χ4v) is 7.65. The van der Waals surface area contributed by atoms with Crippen LogP contribution >= 0.6 is 23.4 Å². The van der Waals surface area contributed by atoms with E-state index in [1.807, 2.05) is 48.2 Å². The molecule has 2 aromatic rings. The van der Waals surface area contributed by atoms with Gasteiger partial charge in [-0.2, -0.15) is 4.99 Å². The highest BCUT2D eigenvalue weighted by atomic mass is 35.5. The number of amides is 1. The number of amidine groups is 1. The topological polar surface area (TPSA) is 79.3 Å². The number of aliphatic imine (C=N–C) groups is 1. The van der Waals surface area contributed by atoms with Gasteiger partial charge in [0.2, 0.25) is 0 Å². The molecular formula is C21H22ClN3O4S2. The van der Waals surface area contributed by atoms with Crippen LogP contribution in [0.25, 0.3) is 0 Å². The van der Waals surface area contributed by atoms with E-state index in [-0.39, 0.29) is 29.4 Å². The Morgan fingerprint density at radius 3 is 2.48 bits per heavy atom. The zero-order valence-corrected chi connectivity index (χ0v) is 19.5. The molecule has 2 aliphatic rings. The van der Waals surface area contributed by atoms with E-state index in [1.165, 1.54) is 11.8 Å². The van der Waals surface area contributed by atoms with Crippen LogP contribution in [0.15, 0.2) is 53.5 Å². The molecule has 0 aliphatic carbocycles. The number of anilines is 2. The minimum atomic E-state index is -3.12. The van der Waals surface area contributed by atoms with E-state index in [1.54, 1.807) is 24.3 Å². The number of sulfone groups is 1. The molecule has 0 bridgehead atoms. The van der Waals surface area contributed by atoms with Gasteiger partial charge in [0.25, 0.3) is 5.91 Å². The van der Waals surface area contributed by atoms with E-state index < -0.39 is 15.7 Å². The average Bonchev–Trinajstić information content (AvgIpc) is 3.18. The quantitative estimate of drug-likeness (QED) is 0.652. The summed E-state index contributed by atoms with van der Waals surface area (Å²) in [7, 11) is 0.786. The van der Waals surface area contributed by atoms with E-state index in [2.05, 4.69) is 4.99 Å². The zero-order valence-electron chi connectivity index (χ0n) is 17.1. The lowest BCUT2D eigenvalue weighted by Gasteiger charge is -2.25. The van der Waals surface area contributed by atoms with Crippen LogP contribution < -0.4 is 14.5 Å². The van der Waals surface area contributed by atoms with Crippen molar-refractivity contribution in [2.45, 2.75) is 11.3 Å². The van der Waals surface area contributed by atoms with Crippen molar-refractivity contribution in [1.82, 2.24) is 0 Å². The molecule has 31 heavy (non-hydrogen) atoms. The van der Waals surface area contributed by atoms with Crippen molar-refractivity contribution < 1.29 is 17.9 Å². The maximum atomic E-state index is 12.5. The third kappa shape index (κ3) is 4.99. The highest BCUT2D eigenvalue weighted by Gasteiger charge is 2.49. The van der Waals surface area contributed by atoms with Crippen molar-refractivity contribution in [1.29, 1.82) is 0 Å². The molecule has 0 radical (unpaired) electrons. The number of ether oxygens (including phenoxy) is 1. The van der Waals surface area contributed by atoms with Gasteiger partial charge in [-0.15, -0.1) is 0 Å². The molecule has 1 amide bonds. The molecule has 2 aromatic carbocycles. The lowest BCUT2D eigenvalue weighted by molar-refractivity contribution is -0.119. The number of fused-ring (bicyclic) bond motifs is 1. The molecule has 2 atom stereocenters. The second-order valence-corrected chi connectivity index (χ2v) is 11.4. The molecule has 0 N–H and O–H groups in total. The van der Waals surface area contributed by atoms with Crippen LogP contribution in [0.1, 0.15) is 0 Å². The standard InChI is InChI=1S/C21H22ClN3O4S2/c1-24(2)15-5-7-16(8-6-15)25-18-12-31(27,28)13-19(18)30-21(25)23-20(26)11-29-17-9-3-14(22)4-10-17/h3-10,18-19H,11-13H2,1-2H3/t18-,19-/m1/s1. The molecule has 0 aromatic heterocycles. The summed E-state index contributed by atoms with van der Waals surface area (Å²) in [6, 6.07) is 14.2. The Balaban J connectivity index is 1.55. The first-order valence-corrected chi connectivity index (χ1v) is 12.7. The maximum Gasteiger partial charge on any atom is 0.285 e. The minimum absolute atomic E-state index is 0.0502. The Kier molecular flexibility index (Phi) is 6.18. The largest absolute Gasteiger partial charge is 0.484 e. The highest BCUT2D eigenvalue weighted by molar-refractivity contribution is 8.16. The third-order valence-electron chi connectivity index (χ3n) is 5.11. The highest BCUT2D eigenvalue weighted by Crippen LogP contribution is 2.41. The Labute approximate surface area is 191 Å². The molecule has 0 unspecified atom stereocenters. The van der Waals surface area contributed by atoms with Gasteiger partial charge in [-0.1, -0.05) is 23.4 Å². The monoisotopic (exact) mass is 479 g/mol. The Morgan fingerprint density at radius 1 is 1.16 bits per heavy atom. The smallest absolute Gasteiger partial charge is 0.285 e. The van der Waals surface area contributed by atoms with Gasteiger partial charge in [0.1, 0.15) is 5.75 Å². The number of thioether (sulfide) groups is 1. The van der Waals surface area contributed by atoms with Gasteiger partial charge in [0.15, 0.2) is 21.6 Å². The van der Waals surface area contributed by atoms with E-state index in [9.17, 15) is 13.2 Å². The lowest BCUT2D eigenvalue weighted by atomic mass is 10.2. The first kappa shape index (κ1) is 22.0. The number of carbonyl (C=O) groups excluding carboxylic acids is 1. The van der Waals surface area contributed by atoms with Crippen molar-refractivity contribution in [2.24, 2.45) is 4.99 Å². The number of hydrogen-bond acceptors (Lipinski definition) is 6. The number of hydrogen-bond donors (Lipinski definition) is 0. The molecule has 0 saturated carbocycles. The van der Waals surface area contributed by atoms with Crippen LogP contribution in [-0.4, -0.2) is 63.0 Å². The summed E-state index contributed by atoms with van der Waals surface area (Å²) in [6.45, 7) is -0.216. The molecule has 164 valence electrons. The summed E-state index contributed by atoms with van der Waals surface area (Å²) in [4.78, 5) is 20.6. The second kappa shape index (κ2) is 8.72. The van der Waals surface area contributed by atoms with Crippen molar-refractivity contribution in [2.75, 3.05) is 42.0 Å². The zero-order chi connectivity index (χ0) is 22.2. The number of rotatable bonds is 5. The first-order valence-electron chi connectivity index (χ1n) is 9.65. The van der Waals surface area contributed by atoms with Gasteiger partial charge in [-0.05, 0) is 48.5 Å². The van der Waals surface area contributed by atoms with Crippen LogP contribution in [0.5, 0.6) is 5.75 Å². The normalized spacial score (nSPS) is 23.1. The van der Waals surface area contributed by atoms with Gasteiger partial charge in [-0.3, -0.25) is 4.79 Å². The van der Waals surface area contributed by atoms with E-state index in [4.69, 9.17) is 16.3 Å². The fraction of sp³-hybridized carbons (Fsp3) is 0.333. The summed E-state index contributed by atoms with van der Waals surface area (Å²) in [6.07, 6.45) is 0. The molecule has 2 aliphatic heterocycles. The summed E-state index contributed by atoms with van der Waals surface area (Å²) in [5.41, 5.74) is 1.84. The van der Waals surface area contributed by atoms with Gasteiger partial charge in [-0.25, -0.2) is 8.42 Å². The Bertz CT molecular complexity index is 1100. The Morgan fingerprint density at radius 2 is 1.84 bits per heavy atom. The molecule has 10 heteroatoms. The van der Waals surface area contributed by atoms with Crippen molar-refractivity contribution in [3.8, 4) is 5.75 Å². The van der Waals surface area contributed by atoms with Crippen molar-refractivity contribution in [3.63, 3.8) is 0 Å². The molecule has 7 nitrogen and oxygen atoms in total. The molecular weight excluding hydrogens is 458 g/mol. The van der Waals surface area contributed by atoms with E-state index in [0.29, 0.717) is 15.9 Å². The number of nitrogens with zero attached hydrogens (tertiary/aromatic N) is 3. The van der Waals surface area contributed by atoms with Crippen LogP contribution in [0.4, 0.5) is 11.4 Å². The average molecular weight is 480 g/mol. The predicted molar refractivity (Wildman–Crippen MR) is 126 cm³/mol. The van der Waals surface area contributed by atoms with Gasteiger partial charge < -0.3 is 14.5 Å². The first-order chi connectivity index (χ1) is 14.7. The van der Waals surface area contributed by atoms with Gasteiger partial charge >= 0.3 is 0 Å². The summed E-state index contributed by atoms with van der Waals surface area (Å²) in [5.74, 6) is 0.226. The van der Waals surface area contributed by atoms with Crippen LogP contribution in [0, 0.1) is 0 Å². The van der Waals surface area contributed by atoms with Crippen molar-refractivity contribution >= 4 is 55.6 Å². The molecule has 0 spiro atoms. The van der Waals surface area contributed by atoms with Gasteiger partial charge in [0, 0.05) is 35.7 Å². The third-order valence-corrected chi connectivity index (χ3v) is 8.57. The summed E-state index contributed by atoms with van der Waals surface area (Å²) < 4.78 is 29.9. The van der Waals surface area contributed by atoms with Crippen LogP contribution in [0.3, 0.4) is 0 Å². The van der Waals surface area contributed by atoms with Gasteiger partial charge in [0.05, 0.1) is 17.5 Å². The van der Waals surface area contributed by atoms with Crippen molar-refractivity contribution in [3.05, 3.63) is 53.6 Å². The molecule has 2 heterocycles. The maximum absolute atomic E-state index is 12.5. The van der Waals surface area contributed by atoms with E-state index in [0.717, 1.165) is 11.4 Å². The SMILES string of the molecule is CN(C)c1ccc(N2C(=NC(=O)COc3ccc(Cl)cc3)S[C@@H]3CS(=O)(=O)C[C@H]32)cc1. The number of halogens is 1. The molecule has 2 fully saturated rings. The van der Waals surface area contributed by atoms with Crippen LogP contribution in [-0.2, 0) is 14.6 Å². The van der Waals surface area contributed by atoms with E-state index >= 15 is 0 Å². The predicted octanol–water partition coefficient (Wildman–Crippen LogP) is 3.09. The lowest BCUT2D eigenvalue weighted by Crippen LogP contribution is -2.37. The second-order valence-electron chi connectivity index (χ2n) is 7.61.